The van der Waals surface area contributed by atoms with Gasteiger partial charge in [-0.25, -0.2) is 4.79 Å². The highest BCUT2D eigenvalue weighted by molar-refractivity contribution is 5.98. The van der Waals surface area contributed by atoms with Gasteiger partial charge in [0.1, 0.15) is 0 Å². The Morgan fingerprint density at radius 2 is 1.94 bits per heavy atom. The maximum absolute atomic E-state index is 13.1. The molecule has 32 heavy (non-hydrogen) atoms. The van der Waals surface area contributed by atoms with E-state index in [-0.39, 0.29) is 29.0 Å². The molecule has 0 saturated carbocycles. The molecule has 1 fully saturated rings. The first-order chi connectivity index (χ1) is 15.4. The quantitative estimate of drug-likeness (QED) is 0.664. The van der Waals surface area contributed by atoms with Crippen LogP contribution in [-0.4, -0.2) is 50.2 Å². The van der Waals surface area contributed by atoms with Crippen molar-refractivity contribution in [1.29, 1.82) is 0 Å². The fourth-order valence-electron chi connectivity index (χ4n) is 3.69. The molecule has 2 N–H and O–H groups in total. The second-order valence-electron chi connectivity index (χ2n) is 7.68. The van der Waals surface area contributed by atoms with Crippen molar-refractivity contribution in [1.82, 2.24) is 10.2 Å². The Hall–Kier alpha value is -3.36. The van der Waals surface area contributed by atoms with Crippen molar-refractivity contribution < 1.29 is 27.8 Å². The van der Waals surface area contributed by atoms with Crippen LogP contribution >= 0.6 is 0 Å². The summed E-state index contributed by atoms with van der Waals surface area (Å²) in [6, 6.07) is 11.6. The summed E-state index contributed by atoms with van der Waals surface area (Å²) in [4.78, 5) is 26.9. The number of aryl methyl sites for hydroxylation is 1. The summed E-state index contributed by atoms with van der Waals surface area (Å²) < 4.78 is 35.4. The second kappa shape index (κ2) is 10.8. The van der Waals surface area contributed by atoms with Gasteiger partial charge >= 0.3 is 12.6 Å². The number of anilines is 1. The van der Waals surface area contributed by atoms with E-state index in [2.05, 4.69) is 15.4 Å². The van der Waals surface area contributed by atoms with Crippen molar-refractivity contribution in [3.05, 3.63) is 53.6 Å². The summed E-state index contributed by atoms with van der Waals surface area (Å²) >= 11 is 0. The van der Waals surface area contributed by atoms with Crippen molar-refractivity contribution in [2.45, 2.75) is 26.4 Å². The van der Waals surface area contributed by atoms with Crippen LogP contribution in [0.3, 0.4) is 0 Å². The van der Waals surface area contributed by atoms with E-state index in [9.17, 15) is 18.4 Å². The molecular weight excluding hydrogens is 420 g/mol. The van der Waals surface area contributed by atoms with Crippen LogP contribution in [0.15, 0.2) is 42.5 Å². The normalized spacial score (nSPS) is 15.9. The van der Waals surface area contributed by atoms with E-state index in [0.717, 1.165) is 18.4 Å². The zero-order chi connectivity index (χ0) is 23.1. The number of piperidine rings is 1. The predicted octanol–water partition coefficient (Wildman–Crippen LogP) is 4.28. The minimum Gasteiger partial charge on any atom is -0.493 e. The number of likely N-dealkylation sites (tertiary alicyclic amines) is 1. The van der Waals surface area contributed by atoms with Gasteiger partial charge in [-0.05, 0) is 49.9 Å². The van der Waals surface area contributed by atoms with Crippen LogP contribution in [0, 0.1) is 12.8 Å². The molecule has 3 rings (SSSR count). The van der Waals surface area contributed by atoms with E-state index in [1.807, 2.05) is 31.2 Å². The lowest BCUT2D eigenvalue weighted by Gasteiger charge is -2.33. The van der Waals surface area contributed by atoms with Gasteiger partial charge in [0.05, 0.1) is 12.7 Å². The zero-order valence-corrected chi connectivity index (χ0v) is 18.1. The van der Waals surface area contributed by atoms with Gasteiger partial charge in [0.2, 0.25) is 0 Å². The van der Waals surface area contributed by atoms with Gasteiger partial charge in [0, 0.05) is 25.3 Å². The average Bonchev–Trinajstić information content (AvgIpc) is 2.79. The van der Waals surface area contributed by atoms with Crippen LogP contribution in [0.5, 0.6) is 11.5 Å². The van der Waals surface area contributed by atoms with Gasteiger partial charge in [-0.2, -0.15) is 8.78 Å². The highest BCUT2D eigenvalue weighted by Gasteiger charge is 2.28. The maximum atomic E-state index is 13.1. The number of benzene rings is 2. The summed E-state index contributed by atoms with van der Waals surface area (Å²) in [6.45, 7) is 0.169. The number of hydrogen-bond acceptors (Lipinski definition) is 4. The molecule has 172 valence electrons. The molecule has 1 heterocycles. The maximum Gasteiger partial charge on any atom is 0.387 e. The van der Waals surface area contributed by atoms with Gasteiger partial charge in [0.15, 0.2) is 11.5 Å². The summed E-state index contributed by atoms with van der Waals surface area (Å²) in [5.41, 5.74) is 1.81. The van der Waals surface area contributed by atoms with Gasteiger partial charge in [0.25, 0.3) is 5.91 Å². The molecule has 0 radical (unpaired) electrons. The molecule has 1 aliphatic heterocycles. The summed E-state index contributed by atoms with van der Waals surface area (Å²) in [5, 5.41) is 5.61. The highest BCUT2D eigenvalue weighted by Crippen LogP contribution is 2.34. The summed E-state index contributed by atoms with van der Waals surface area (Å²) in [6.07, 6.45) is 1.58. The Morgan fingerprint density at radius 1 is 1.19 bits per heavy atom. The molecule has 1 aliphatic rings. The average molecular weight is 447 g/mol. The van der Waals surface area contributed by atoms with Gasteiger partial charge in [-0.1, -0.05) is 23.8 Å². The van der Waals surface area contributed by atoms with Crippen LogP contribution in [0.25, 0.3) is 0 Å². The van der Waals surface area contributed by atoms with Gasteiger partial charge < -0.3 is 25.0 Å². The lowest BCUT2D eigenvalue weighted by Crippen LogP contribution is -2.44. The number of rotatable bonds is 7. The molecule has 9 heteroatoms. The first-order valence-electron chi connectivity index (χ1n) is 10.4. The molecule has 2 aromatic rings. The topological polar surface area (TPSA) is 79.9 Å². The molecule has 1 atom stereocenters. The molecule has 1 unspecified atom stereocenters. The number of ether oxygens (including phenoxy) is 2. The third-order valence-corrected chi connectivity index (χ3v) is 5.30. The predicted molar refractivity (Wildman–Crippen MR) is 116 cm³/mol. The number of carbonyl (C=O) groups is 2. The first-order valence-corrected chi connectivity index (χ1v) is 10.4. The number of carbonyl (C=O) groups excluding carboxylic acids is 2. The highest BCUT2D eigenvalue weighted by atomic mass is 19.3. The van der Waals surface area contributed by atoms with Gasteiger partial charge in [-0.3, -0.25) is 4.79 Å². The SMILES string of the molecule is COc1cccc(C(=O)N2CCCC(CNC(=O)Nc3ccc(C)cc3)C2)c1OC(F)F. The number of alkyl halides is 2. The fourth-order valence-corrected chi connectivity index (χ4v) is 3.69. The van der Waals surface area contributed by atoms with Crippen molar-refractivity contribution in [3.8, 4) is 11.5 Å². The number of para-hydroxylation sites is 1. The third kappa shape index (κ3) is 6.09. The molecule has 2 aromatic carbocycles. The molecule has 0 aliphatic carbocycles. The monoisotopic (exact) mass is 447 g/mol. The van der Waals surface area contributed by atoms with Crippen molar-refractivity contribution in [2.24, 2.45) is 5.92 Å². The summed E-state index contributed by atoms with van der Waals surface area (Å²) in [5.74, 6) is -0.568. The standard InChI is InChI=1S/C23H27F2N3O4/c1-15-8-10-17(11-9-15)27-23(30)26-13-16-5-4-12-28(14-16)21(29)18-6-3-7-19(31-2)20(18)32-22(24)25/h3,6-11,16,22H,4-5,12-14H2,1-2H3,(H2,26,27,30). The molecule has 3 amide bonds. The van der Waals surface area contributed by atoms with Gasteiger partial charge in [-0.15, -0.1) is 0 Å². The van der Waals surface area contributed by atoms with Crippen LogP contribution in [0.1, 0.15) is 28.8 Å². The van der Waals surface area contributed by atoms with E-state index in [1.54, 1.807) is 11.0 Å². The lowest BCUT2D eigenvalue weighted by atomic mass is 9.97. The summed E-state index contributed by atoms with van der Waals surface area (Å²) in [7, 11) is 1.33. The number of urea groups is 1. The Bertz CT molecular complexity index is 937. The van der Waals surface area contributed by atoms with E-state index < -0.39 is 12.5 Å². The van der Waals surface area contributed by atoms with E-state index in [0.29, 0.717) is 25.3 Å². The zero-order valence-electron chi connectivity index (χ0n) is 18.1. The Kier molecular flexibility index (Phi) is 7.86. The van der Waals surface area contributed by atoms with Crippen LogP contribution in [0.2, 0.25) is 0 Å². The van der Waals surface area contributed by atoms with Crippen LogP contribution in [0.4, 0.5) is 19.3 Å². The Morgan fingerprint density at radius 3 is 2.62 bits per heavy atom. The number of amides is 3. The van der Waals surface area contributed by atoms with Crippen LogP contribution in [-0.2, 0) is 0 Å². The molecule has 1 saturated heterocycles. The third-order valence-electron chi connectivity index (χ3n) is 5.30. The minimum atomic E-state index is -3.08. The molecular formula is C23H27F2N3O4. The fraction of sp³-hybridized carbons (Fsp3) is 0.391. The van der Waals surface area contributed by atoms with E-state index in [1.165, 1.54) is 19.2 Å². The molecule has 0 spiro atoms. The number of methoxy groups -OCH3 is 1. The van der Waals surface area contributed by atoms with Crippen LogP contribution < -0.4 is 20.1 Å². The number of nitrogens with zero attached hydrogens (tertiary/aromatic N) is 1. The van der Waals surface area contributed by atoms with E-state index in [4.69, 9.17) is 4.74 Å². The Labute approximate surface area is 185 Å². The number of hydrogen-bond donors (Lipinski definition) is 2. The smallest absolute Gasteiger partial charge is 0.387 e. The minimum absolute atomic E-state index is 0.0235. The van der Waals surface area contributed by atoms with Crippen molar-refractivity contribution in [2.75, 3.05) is 32.1 Å². The van der Waals surface area contributed by atoms with E-state index >= 15 is 0 Å². The molecule has 7 nitrogen and oxygen atoms in total. The lowest BCUT2D eigenvalue weighted by molar-refractivity contribution is -0.0517. The van der Waals surface area contributed by atoms with Crippen molar-refractivity contribution in [3.63, 3.8) is 0 Å². The second-order valence-corrected chi connectivity index (χ2v) is 7.68. The largest absolute Gasteiger partial charge is 0.493 e. The number of halogens is 2. The molecule has 0 bridgehead atoms. The molecule has 0 aromatic heterocycles. The Balaban J connectivity index is 1.60. The van der Waals surface area contributed by atoms with Crippen molar-refractivity contribution >= 4 is 17.6 Å². The number of nitrogens with one attached hydrogen (secondary N) is 2. The first kappa shape index (κ1) is 23.3.